The van der Waals surface area contributed by atoms with Crippen LogP contribution in [0, 0.1) is 50.7 Å². The van der Waals surface area contributed by atoms with Crippen LogP contribution >= 0.6 is 0 Å². The highest BCUT2D eigenvalue weighted by molar-refractivity contribution is 5.66. The number of hydrogen-bond donors (Lipinski definition) is 4. The standard InChI is InChI=1S/C40H64O11/c1-20(16-24(43)33-36(6,7)51-33)23-10-15-40-19-39(23,40)14-11-26-37(8)13-12-28(48-22(3)42)35(4,5)27(37)17-29(38(26,40)9)50-34-32(46)31(45)30(44)25(49-34)18-47-21(2)41/h20,23-34,43-46H,10-19H2,1-9H3/t20-,23-,24-,25-,26+,27-,28-,29-,30-,31-,32+,33+,34+,37-,38+,39-,40-/m1/s1. The molecule has 0 bridgehead atoms. The molecule has 290 valence electrons. The maximum atomic E-state index is 12.3. The molecule has 0 radical (unpaired) electrons. The summed E-state index contributed by atoms with van der Waals surface area (Å²) in [4.78, 5) is 23.9. The zero-order valence-electron chi connectivity index (χ0n) is 32.2. The topological polar surface area (TPSA) is 165 Å². The summed E-state index contributed by atoms with van der Waals surface area (Å²) in [6.07, 6.45) is 0.542. The first-order valence-corrected chi connectivity index (χ1v) is 19.7. The largest absolute Gasteiger partial charge is 0.463 e. The van der Waals surface area contributed by atoms with Crippen LogP contribution in [0.15, 0.2) is 0 Å². The third kappa shape index (κ3) is 5.51. The molecule has 11 nitrogen and oxygen atoms in total. The van der Waals surface area contributed by atoms with Crippen molar-refractivity contribution >= 4 is 11.9 Å². The second-order valence-electron chi connectivity index (χ2n) is 19.6. The van der Waals surface area contributed by atoms with Crippen LogP contribution in [0.1, 0.15) is 120 Å². The van der Waals surface area contributed by atoms with Gasteiger partial charge in [0.05, 0.1) is 17.8 Å². The Morgan fingerprint density at radius 1 is 0.863 bits per heavy atom. The predicted molar refractivity (Wildman–Crippen MR) is 185 cm³/mol. The van der Waals surface area contributed by atoms with E-state index < -0.39 is 42.8 Å². The van der Waals surface area contributed by atoms with Crippen LogP contribution in [0.5, 0.6) is 0 Å². The Hall–Kier alpha value is -1.34. The van der Waals surface area contributed by atoms with E-state index in [9.17, 15) is 30.0 Å². The highest BCUT2D eigenvalue weighted by atomic mass is 16.7. The van der Waals surface area contributed by atoms with Crippen molar-refractivity contribution in [2.24, 2.45) is 50.7 Å². The monoisotopic (exact) mass is 720 g/mol. The molecule has 0 spiro atoms. The number of epoxide rings is 1. The molecule has 2 saturated heterocycles. The van der Waals surface area contributed by atoms with Gasteiger partial charge >= 0.3 is 11.9 Å². The maximum Gasteiger partial charge on any atom is 0.302 e. The lowest BCUT2D eigenvalue weighted by molar-refractivity contribution is -0.344. The lowest BCUT2D eigenvalue weighted by Gasteiger charge is -2.69. The van der Waals surface area contributed by atoms with Gasteiger partial charge < -0.3 is 44.1 Å². The molecule has 2 heterocycles. The van der Waals surface area contributed by atoms with Crippen molar-refractivity contribution in [2.45, 2.75) is 181 Å². The summed E-state index contributed by atoms with van der Waals surface area (Å²) in [5, 5.41) is 44.3. The molecule has 17 atom stereocenters. The number of esters is 2. The van der Waals surface area contributed by atoms with Crippen molar-refractivity contribution in [1.82, 2.24) is 0 Å². The Morgan fingerprint density at radius 3 is 2.18 bits per heavy atom. The van der Waals surface area contributed by atoms with E-state index in [-0.39, 0.29) is 75.4 Å². The molecule has 5 saturated carbocycles. The van der Waals surface area contributed by atoms with Crippen molar-refractivity contribution in [3.8, 4) is 0 Å². The Bertz CT molecular complexity index is 1380. The fourth-order valence-corrected chi connectivity index (χ4v) is 14.1. The van der Waals surface area contributed by atoms with Gasteiger partial charge in [0.2, 0.25) is 0 Å². The van der Waals surface area contributed by atoms with Gasteiger partial charge in [0.1, 0.15) is 43.2 Å². The number of carbonyl (C=O) groups is 2. The van der Waals surface area contributed by atoms with Crippen LogP contribution in [0.4, 0.5) is 0 Å². The third-order valence-electron chi connectivity index (χ3n) is 16.5. The van der Waals surface area contributed by atoms with E-state index in [2.05, 4.69) is 34.6 Å². The second kappa shape index (κ2) is 12.3. The third-order valence-corrected chi connectivity index (χ3v) is 16.5. The van der Waals surface area contributed by atoms with Gasteiger partial charge in [-0.25, -0.2) is 0 Å². The zero-order chi connectivity index (χ0) is 37.3. The number of fused-ring (bicyclic) bond motifs is 3. The molecule has 0 amide bonds. The summed E-state index contributed by atoms with van der Waals surface area (Å²) in [5.74, 6) is 0.407. The SMILES string of the molecule is CC(=O)OC[C@H]1O[C@@H](O[C@@H]2C[C@@H]3C(C)(C)[C@H](OC(C)=O)CC[C@]3(C)[C@@H]3CC[C@]45C[C@]4(CC[C@@H]5[C@H](C)C[C@@H](O)[C@@H]4OC4(C)C)[C@]23C)[C@@H](O)[C@H](O)[C@@H]1O. The maximum absolute atomic E-state index is 12.3. The number of ether oxygens (including phenoxy) is 5. The summed E-state index contributed by atoms with van der Waals surface area (Å²) in [7, 11) is 0. The fourth-order valence-electron chi connectivity index (χ4n) is 14.1. The van der Waals surface area contributed by atoms with Crippen molar-refractivity contribution in [1.29, 1.82) is 0 Å². The second-order valence-corrected chi connectivity index (χ2v) is 19.6. The molecule has 7 aliphatic rings. The van der Waals surface area contributed by atoms with Crippen molar-refractivity contribution in [2.75, 3.05) is 6.61 Å². The van der Waals surface area contributed by atoms with E-state index in [1.165, 1.54) is 13.8 Å². The van der Waals surface area contributed by atoms with Gasteiger partial charge in [-0.1, -0.05) is 34.6 Å². The average molecular weight is 721 g/mol. The van der Waals surface area contributed by atoms with Gasteiger partial charge in [0.15, 0.2) is 6.29 Å². The Morgan fingerprint density at radius 2 is 1.55 bits per heavy atom. The van der Waals surface area contributed by atoms with Gasteiger partial charge in [-0.05, 0) is 112 Å². The van der Waals surface area contributed by atoms with Crippen LogP contribution < -0.4 is 0 Å². The molecule has 4 N–H and O–H groups in total. The summed E-state index contributed by atoms with van der Waals surface area (Å²) >= 11 is 0. The molecule has 7 rings (SSSR count). The van der Waals surface area contributed by atoms with Gasteiger partial charge in [0.25, 0.3) is 0 Å². The lowest BCUT2D eigenvalue weighted by atomic mass is 9.37. The average Bonchev–Trinajstić information content (AvgIpc) is 3.87. The lowest BCUT2D eigenvalue weighted by Crippen LogP contribution is -2.68. The molecule has 2 aliphatic heterocycles. The Balaban J connectivity index is 1.23. The van der Waals surface area contributed by atoms with E-state index in [1.807, 2.05) is 13.8 Å². The Labute approximate surface area is 303 Å². The van der Waals surface area contributed by atoms with Crippen LogP contribution in [-0.4, -0.2) is 99.7 Å². The molecule has 0 aromatic carbocycles. The molecule has 0 aromatic heterocycles. The molecule has 5 aliphatic carbocycles. The van der Waals surface area contributed by atoms with Crippen molar-refractivity contribution < 1.29 is 53.7 Å². The van der Waals surface area contributed by atoms with Crippen LogP contribution in [-0.2, 0) is 33.3 Å². The summed E-state index contributed by atoms with van der Waals surface area (Å²) in [6, 6.07) is 0. The molecular formula is C40H64O11. The number of carbonyl (C=O) groups excluding carboxylic acids is 2. The zero-order valence-corrected chi connectivity index (χ0v) is 32.2. The van der Waals surface area contributed by atoms with Gasteiger partial charge in [-0.15, -0.1) is 0 Å². The smallest absolute Gasteiger partial charge is 0.302 e. The molecule has 11 heteroatoms. The molecule has 7 fully saturated rings. The molecule has 0 unspecified atom stereocenters. The predicted octanol–water partition coefficient (Wildman–Crippen LogP) is 4.29. The normalized spacial score (nSPS) is 51.5. The highest BCUT2D eigenvalue weighted by Gasteiger charge is 2.85. The molecule has 0 aromatic rings. The van der Waals surface area contributed by atoms with E-state index in [4.69, 9.17) is 23.7 Å². The first kappa shape index (κ1) is 38.0. The first-order chi connectivity index (χ1) is 23.7. The van der Waals surface area contributed by atoms with Gasteiger partial charge in [-0.2, -0.15) is 0 Å². The Kier molecular flexibility index (Phi) is 9.18. The highest BCUT2D eigenvalue weighted by Crippen LogP contribution is 2.91. The molecule has 51 heavy (non-hydrogen) atoms. The van der Waals surface area contributed by atoms with Crippen LogP contribution in [0.25, 0.3) is 0 Å². The van der Waals surface area contributed by atoms with E-state index in [0.29, 0.717) is 24.7 Å². The number of rotatable bonds is 9. The number of aliphatic hydroxyl groups is 4. The summed E-state index contributed by atoms with van der Waals surface area (Å²) < 4.78 is 30.2. The van der Waals surface area contributed by atoms with Gasteiger partial charge in [0, 0.05) is 24.7 Å². The number of aliphatic hydroxyl groups excluding tert-OH is 4. The summed E-state index contributed by atoms with van der Waals surface area (Å²) in [5.41, 5.74) is -0.829. The molecular weight excluding hydrogens is 656 g/mol. The quantitative estimate of drug-likeness (QED) is 0.153. The van der Waals surface area contributed by atoms with Gasteiger partial charge in [-0.3, -0.25) is 9.59 Å². The van der Waals surface area contributed by atoms with E-state index >= 15 is 0 Å². The minimum absolute atomic E-state index is 0.00651. The summed E-state index contributed by atoms with van der Waals surface area (Å²) in [6.45, 7) is 18.2. The van der Waals surface area contributed by atoms with Crippen molar-refractivity contribution in [3.05, 3.63) is 0 Å². The minimum atomic E-state index is -1.55. The first-order valence-electron chi connectivity index (χ1n) is 19.7. The van der Waals surface area contributed by atoms with Crippen molar-refractivity contribution in [3.63, 3.8) is 0 Å². The van der Waals surface area contributed by atoms with E-state index in [1.54, 1.807) is 0 Å². The van der Waals surface area contributed by atoms with Crippen LogP contribution in [0.2, 0.25) is 0 Å². The minimum Gasteiger partial charge on any atom is -0.463 e. The fraction of sp³-hybridized carbons (Fsp3) is 0.950. The van der Waals surface area contributed by atoms with E-state index in [0.717, 1.165) is 44.9 Å². The number of hydrogen-bond acceptors (Lipinski definition) is 11. The van der Waals surface area contributed by atoms with Crippen LogP contribution in [0.3, 0.4) is 0 Å².